The summed E-state index contributed by atoms with van der Waals surface area (Å²) < 4.78 is 0. The molecule has 2 heterocycles. The standard InChI is InChI=1S/C25H21N5O3S/c1-3-23-21-11-7-8-12-22(21)25(28(26-23)18-9-5-4-6-10-18)29(27-24(34-25)17(2)31)19-13-15-20(16-14-19)30(32)33/h4-16H,3H2,1-2H3. The number of hydrazone groups is 2. The highest BCUT2D eigenvalue weighted by molar-refractivity contribution is 8.17. The van der Waals surface area contributed by atoms with Crippen molar-refractivity contribution in [2.24, 2.45) is 10.2 Å². The molecule has 2 aliphatic rings. The fourth-order valence-electron chi connectivity index (χ4n) is 4.19. The highest BCUT2D eigenvalue weighted by Crippen LogP contribution is 2.54. The molecule has 3 aromatic rings. The van der Waals surface area contributed by atoms with Gasteiger partial charge in [-0.2, -0.15) is 10.2 Å². The summed E-state index contributed by atoms with van der Waals surface area (Å²) in [5.41, 5.74) is 4.27. The van der Waals surface area contributed by atoms with Crippen LogP contribution in [0.25, 0.3) is 0 Å². The molecule has 1 unspecified atom stereocenters. The molecule has 8 nitrogen and oxygen atoms in total. The van der Waals surface area contributed by atoms with Crippen LogP contribution in [-0.4, -0.2) is 21.5 Å². The summed E-state index contributed by atoms with van der Waals surface area (Å²) in [5, 5.41) is 25.0. The van der Waals surface area contributed by atoms with Crippen LogP contribution in [-0.2, 0) is 9.79 Å². The number of para-hydroxylation sites is 1. The molecule has 3 aromatic carbocycles. The predicted octanol–water partition coefficient (Wildman–Crippen LogP) is 5.50. The number of nitro benzene ring substituents is 1. The maximum atomic E-state index is 12.5. The minimum atomic E-state index is -1.03. The average Bonchev–Trinajstić information content (AvgIpc) is 3.26. The molecule has 170 valence electrons. The summed E-state index contributed by atoms with van der Waals surface area (Å²) in [6, 6.07) is 23.9. The number of nitrogens with zero attached hydrogens (tertiary/aromatic N) is 5. The SMILES string of the molecule is CCC1=NN(c2ccccc2)C2(SC(C(C)=O)=NN2c2ccc([N+](=O)[O-])cc2)c2ccccc21. The van der Waals surface area contributed by atoms with E-state index in [9.17, 15) is 14.9 Å². The van der Waals surface area contributed by atoms with Crippen LogP contribution in [0.1, 0.15) is 31.4 Å². The molecule has 0 bridgehead atoms. The smallest absolute Gasteiger partial charge is 0.269 e. The number of carbonyl (C=O) groups excluding carboxylic acids is 1. The number of hydrogen-bond donors (Lipinski definition) is 0. The lowest BCUT2D eigenvalue weighted by atomic mass is 9.96. The van der Waals surface area contributed by atoms with E-state index < -0.39 is 9.92 Å². The maximum Gasteiger partial charge on any atom is 0.269 e. The van der Waals surface area contributed by atoms with Crippen molar-refractivity contribution >= 4 is 45.4 Å². The third kappa shape index (κ3) is 3.36. The largest absolute Gasteiger partial charge is 0.292 e. The molecule has 0 saturated heterocycles. The van der Waals surface area contributed by atoms with Crippen molar-refractivity contribution in [1.82, 2.24) is 0 Å². The van der Waals surface area contributed by atoms with Gasteiger partial charge in [0.05, 0.1) is 22.0 Å². The van der Waals surface area contributed by atoms with E-state index in [0.29, 0.717) is 10.7 Å². The van der Waals surface area contributed by atoms with Crippen molar-refractivity contribution in [2.45, 2.75) is 25.3 Å². The number of thioether (sulfide) groups is 1. The molecule has 0 fully saturated rings. The molecule has 34 heavy (non-hydrogen) atoms. The summed E-state index contributed by atoms with van der Waals surface area (Å²) in [6.45, 7) is 3.55. The van der Waals surface area contributed by atoms with Gasteiger partial charge in [0.2, 0.25) is 4.99 Å². The fourth-order valence-corrected chi connectivity index (χ4v) is 5.48. The predicted molar refractivity (Wildman–Crippen MR) is 135 cm³/mol. The van der Waals surface area contributed by atoms with Crippen LogP contribution in [0.4, 0.5) is 17.1 Å². The summed E-state index contributed by atoms with van der Waals surface area (Å²) >= 11 is 1.32. The zero-order chi connectivity index (χ0) is 23.9. The van der Waals surface area contributed by atoms with Gasteiger partial charge in [-0.05, 0) is 42.4 Å². The van der Waals surface area contributed by atoms with Crippen molar-refractivity contribution in [3.05, 3.63) is 100 Å². The van der Waals surface area contributed by atoms with Crippen LogP contribution in [0.5, 0.6) is 0 Å². The van der Waals surface area contributed by atoms with Gasteiger partial charge in [0.15, 0.2) is 10.8 Å². The monoisotopic (exact) mass is 471 g/mol. The lowest BCUT2D eigenvalue weighted by Crippen LogP contribution is -2.53. The molecule has 9 heteroatoms. The number of rotatable bonds is 5. The minimum Gasteiger partial charge on any atom is -0.292 e. The van der Waals surface area contributed by atoms with Crippen LogP contribution in [0.3, 0.4) is 0 Å². The highest BCUT2D eigenvalue weighted by Gasteiger charge is 2.55. The topological polar surface area (TPSA) is 91.4 Å². The molecule has 0 amide bonds. The number of Topliss-reactive ketones (excluding diaryl/α,β-unsaturated/α-hetero) is 1. The normalized spacial score (nSPS) is 19.0. The number of non-ortho nitro benzene ring substituents is 1. The van der Waals surface area contributed by atoms with Crippen molar-refractivity contribution < 1.29 is 9.72 Å². The first kappa shape index (κ1) is 21.8. The lowest BCUT2D eigenvalue weighted by molar-refractivity contribution is -0.384. The second kappa shape index (κ2) is 8.42. The zero-order valence-corrected chi connectivity index (χ0v) is 19.4. The van der Waals surface area contributed by atoms with Crippen molar-refractivity contribution in [3.63, 3.8) is 0 Å². The molecule has 2 aliphatic heterocycles. The quantitative estimate of drug-likeness (QED) is 0.361. The summed E-state index contributed by atoms with van der Waals surface area (Å²) in [4.78, 5) is 22.3. The Morgan fingerprint density at radius 3 is 2.21 bits per heavy atom. The molecule has 0 aromatic heterocycles. The van der Waals surface area contributed by atoms with Gasteiger partial charge in [-0.25, -0.2) is 10.0 Å². The number of nitro groups is 1. The second-order valence-corrected chi connectivity index (χ2v) is 9.01. The van der Waals surface area contributed by atoms with E-state index in [1.54, 1.807) is 17.1 Å². The molecule has 0 radical (unpaired) electrons. The third-order valence-electron chi connectivity index (χ3n) is 5.76. The molecular formula is C25H21N5O3S. The Bertz CT molecular complexity index is 1340. The van der Waals surface area contributed by atoms with E-state index in [0.717, 1.165) is 28.9 Å². The van der Waals surface area contributed by atoms with E-state index in [4.69, 9.17) is 10.2 Å². The number of hydrogen-bond acceptors (Lipinski definition) is 8. The van der Waals surface area contributed by atoms with Gasteiger partial charge in [0.25, 0.3) is 5.69 Å². The summed E-state index contributed by atoms with van der Waals surface area (Å²) in [7, 11) is 0. The Hall–Kier alpha value is -3.98. The number of ketones is 1. The van der Waals surface area contributed by atoms with Crippen LogP contribution in [0.15, 0.2) is 89.1 Å². The summed E-state index contributed by atoms with van der Waals surface area (Å²) in [5.74, 6) is -0.162. The first-order chi connectivity index (χ1) is 16.5. The fraction of sp³-hybridized carbons (Fsp3) is 0.160. The average molecular weight is 472 g/mol. The Kier molecular flexibility index (Phi) is 5.41. The van der Waals surface area contributed by atoms with Gasteiger partial charge in [0.1, 0.15) is 0 Å². The molecule has 0 aliphatic carbocycles. The van der Waals surface area contributed by atoms with Gasteiger partial charge < -0.3 is 0 Å². The molecule has 5 rings (SSSR count). The third-order valence-corrected chi connectivity index (χ3v) is 7.17. The van der Waals surface area contributed by atoms with Crippen LogP contribution in [0, 0.1) is 10.1 Å². The second-order valence-electron chi connectivity index (χ2n) is 7.85. The first-order valence-electron chi connectivity index (χ1n) is 10.8. The van der Waals surface area contributed by atoms with Gasteiger partial charge in [-0.15, -0.1) is 0 Å². The Balaban J connectivity index is 1.79. The Morgan fingerprint density at radius 1 is 0.941 bits per heavy atom. The van der Waals surface area contributed by atoms with Gasteiger partial charge >= 0.3 is 0 Å². The Morgan fingerprint density at radius 2 is 1.56 bits per heavy atom. The van der Waals surface area contributed by atoms with Crippen molar-refractivity contribution in [1.29, 1.82) is 0 Å². The maximum absolute atomic E-state index is 12.5. The van der Waals surface area contributed by atoms with E-state index in [1.807, 2.05) is 59.6 Å². The summed E-state index contributed by atoms with van der Waals surface area (Å²) in [6.07, 6.45) is 0.721. The van der Waals surface area contributed by atoms with Crippen molar-refractivity contribution in [2.75, 3.05) is 10.0 Å². The van der Waals surface area contributed by atoms with Gasteiger partial charge in [-0.1, -0.05) is 49.4 Å². The van der Waals surface area contributed by atoms with Crippen molar-refractivity contribution in [3.8, 4) is 0 Å². The van der Waals surface area contributed by atoms with E-state index in [-0.39, 0.29) is 11.5 Å². The molecular weight excluding hydrogens is 450 g/mol. The number of fused-ring (bicyclic) bond motifs is 2. The number of anilines is 2. The minimum absolute atomic E-state index is 0.0179. The van der Waals surface area contributed by atoms with Crippen LogP contribution < -0.4 is 10.0 Å². The van der Waals surface area contributed by atoms with E-state index in [1.165, 1.54) is 30.8 Å². The first-order valence-corrected chi connectivity index (χ1v) is 11.6. The van der Waals surface area contributed by atoms with Crippen LogP contribution in [0.2, 0.25) is 0 Å². The Labute approximate surface area is 200 Å². The lowest BCUT2D eigenvalue weighted by Gasteiger charge is -2.47. The number of benzene rings is 3. The van der Waals surface area contributed by atoms with Gasteiger partial charge in [-0.3, -0.25) is 14.9 Å². The molecule has 0 N–H and O–H groups in total. The molecule has 1 spiro atoms. The zero-order valence-electron chi connectivity index (χ0n) is 18.6. The number of carbonyl (C=O) groups is 1. The van der Waals surface area contributed by atoms with Crippen LogP contribution >= 0.6 is 11.8 Å². The molecule has 1 atom stereocenters. The van der Waals surface area contributed by atoms with E-state index in [2.05, 4.69) is 6.92 Å². The van der Waals surface area contributed by atoms with Gasteiger partial charge in [0, 0.05) is 30.2 Å². The molecule has 0 saturated carbocycles. The highest BCUT2D eigenvalue weighted by atomic mass is 32.2. The van der Waals surface area contributed by atoms with E-state index >= 15 is 0 Å².